The fourth-order valence-corrected chi connectivity index (χ4v) is 1.16. The predicted octanol–water partition coefficient (Wildman–Crippen LogP) is 1.04. The molecule has 13 heavy (non-hydrogen) atoms. The van der Waals surface area contributed by atoms with E-state index in [1.165, 1.54) is 13.2 Å². The number of hydrogen-bond donors (Lipinski definition) is 0. The van der Waals surface area contributed by atoms with E-state index in [1.54, 1.807) is 13.8 Å². The second kappa shape index (κ2) is 3.43. The average Bonchev–Trinajstić information content (AvgIpc) is 2.02. The molecule has 1 rings (SSSR count). The monoisotopic (exact) mass is 182 g/mol. The third kappa shape index (κ3) is 1.77. The van der Waals surface area contributed by atoms with Gasteiger partial charge in [0.2, 0.25) is 0 Å². The Morgan fingerprint density at radius 2 is 2.08 bits per heavy atom. The summed E-state index contributed by atoms with van der Waals surface area (Å²) in [5.41, 5.74) is 0.436. The zero-order chi connectivity index (χ0) is 10.0. The number of carbonyl (C=O) groups excluding carboxylic acids is 1. The van der Waals surface area contributed by atoms with Crippen LogP contribution in [0.15, 0.2) is 15.3 Å². The van der Waals surface area contributed by atoms with Gasteiger partial charge in [-0.1, -0.05) is 0 Å². The summed E-state index contributed by atoms with van der Waals surface area (Å²) in [6.45, 7) is 3.22. The van der Waals surface area contributed by atoms with Gasteiger partial charge in [0, 0.05) is 6.07 Å². The van der Waals surface area contributed by atoms with E-state index in [0.717, 1.165) is 0 Å². The van der Waals surface area contributed by atoms with Gasteiger partial charge >= 0.3 is 11.6 Å². The van der Waals surface area contributed by atoms with E-state index in [-0.39, 0.29) is 5.76 Å². The summed E-state index contributed by atoms with van der Waals surface area (Å²) in [6, 6.07) is 1.26. The number of ether oxygens (including phenoxy) is 1. The van der Waals surface area contributed by atoms with Crippen LogP contribution in [-0.2, 0) is 4.74 Å². The van der Waals surface area contributed by atoms with Gasteiger partial charge in [-0.05, 0) is 19.4 Å². The molecule has 0 unspecified atom stereocenters. The van der Waals surface area contributed by atoms with Gasteiger partial charge in [-0.25, -0.2) is 9.59 Å². The van der Waals surface area contributed by atoms with Crippen molar-refractivity contribution in [1.29, 1.82) is 0 Å². The van der Waals surface area contributed by atoms with Crippen LogP contribution in [0.1, 0.15) is 21.7 Å². The van der Waals surface area contributed by atoms with Crippen molar-refractivity contribution in [3.05, 3.63) is 33.4 Å². The molecule has 0 aliphatic rings. The summed E-state index contributed by atoms with van der Waals surface area (Å²) in [4.78, 5) is 22.0. The lowest BCUT2D eigenvalue weighted by atomic mass is 10.1. The minimum atomic E-state index is -0.487. The molecule has 1 aromatic rings. The van der Waals surface area contributed by atoms with Crippen molar-refractivity contribution in [3.8, 4) is 0 Å². The largest absolute Gasteiger partial charge is 0.465 e. The molecule has 0 atom stereocenters. The molecule has 4 nitrogen and oxygen atoms in total. The van der Waals surface area contributed by atoms with Gasteiger partial charge in [-0.3, -0.25) is 0 Å². The smallest absolute Gasteiger partial charge is 0.341 e. The molecule has 0 amide bonds. The maximum absolute atomic E-state index is 11.2. The van der Waals surface area contributed by atoms with E-state index >= 15 is 0 Å². The summed E-state index contributed by atoms with van der Waals surface area (Å²) in [5, 5.41) is 0. The lowest BCUT2D eigenvalue weighted by Crippen LogP contribution is -2.11. The standard InChI is InChI=1S/C9H10O4/c1-5-4-7(10)13-6(2)8(5)9(11)12-3/h4H,1-3H3. The zero-order valence-corrected chi connectivity index (χ0v) is 7.71. The van der Waals surface area contributed by atoms with Crippen LogP contribution in [0.25, 0.3) is 0 Å². The first-order chi connectivity index (χ1) is 6.06. The molecule has 4 heteroatoms. The van der Waals surface area contributed by atoms with E-state index in [1.807, 2.05) is 0 Å². The molecular weight excluding hydrogens is 172 g/mol. The van der Waals surface area contributed by atoms with Gasteiger partial charge in [-0.15, -0.1) is 0 Å². The lowest BCUT2D eigenvalue weighted by Gasteiger charge is -2.04. The van der Waals surface area contributed by atoms with Gasteiger partial charge in [0.15, 0.2) is 0 Å². The fourth-order valence-electron chi connectivity index (χ4n) is 1.16. The first kappa shape index (κ1) is 9.51. The summed E-state index contributed by atoms with van der Waals surface area (Å²) in [5.74, 6) is -0.199. The quantitative estimate of drug-likeness (QED) is 0.609. The van der Waals surface area contributed by atoms with E-state index in [2.05, 4.69) is 4.74 Å². The zero-order valence-electron chi connectivity index (χ0n) is 7.71. The molecule has 0 aliphatic heterocycles. The Kier molecular flexibility index (Phi) is 2.51. The topological polar surface area (TPSA) is 56.5 Å². The molecule has 0 spiro atoms. The van der Waals surface area contributed by atoms with Crippen LogP contribution in [0.2, 0.25) is 0 Å². The maximum Gasteiger partial charge on any atom is 0.341 e. The van der Waals surface area contributed by atoms with Crippen molar-refractivity contribution in [2.45, 2.75) is 13.8 Å². The van der Waals surface area contributed by atoms with Gasteiger partial charge in [0.1, 0.15) is 11.3 Å². The molecule has 70 valence electrons. The molecular formula is C9H10O4. The molecule has 0 bridgehead atoms. The fraction of sp³-hybridized carbons (Fsp3) is 0.333. The Labute approximate surface area is 75.1 Å². The second-order valence-electron chi connectivity index (χ2n) is 2.67. The Balaban J connectivity index is 3.37. The molecule has 1 aromatic heterocycles. The Hall–Kier alpha value is -1.58. The molecule has 0 saturated heterocycles. The van der Waals surface area contributed by atoms with Gasteiger partial charge in [0.25, 0.3) is 0 Å². The van der Waals surface area contributed by atoms with Crippen molar-refractivity contribution < 1.29 is 13.9 Å². The number of aryl methyl sites for hydroxylation is 2. The van der Waals surface area contributed by atoms with Crippen molar-refractivity contribution >= 4 is 5.97 Å². The highest BCUT2D eigenvalue weighted by atomic mass is 16.5. The van der Waals surface area contributed by atoms with Crippen LogP contribution >= 0.6 is 0 Å². The average molecular weight is 182 g/mol. The highest BCUT2D eigenvalue weighted by Crippen LogP contribution is 2.11. The van der Waals surface area contributed by atoms with Crippen molar-refractivity contribution in [2.75, 3.05) is 7.11 Å². The van der Waals surface area contributed by atoms with Crippen molar-refractivity contribution in [3.63, 3.8) is 0 Å². The van der Waals surface area contributed by atoms with Crippen molar-refractivity contribution in [2.24, 2.45) is 0 Å². The first-order valence-corrected chi connectivity index (χ1v) is 3.76. The molecule has 0 fully saturated rings. The van der Waals surface area contributed by atoms with Crippen LogP contribution in [0.5, 0.6) is 0 Å². The predicted molar refractivity (Wildman–Crippen MR) is 45.8 cm³/mol. The highest BCUT2D eigenvalue weighted by molar-refractivity contribution is 5.91. The lowest BCUT2D eigenvalue weighted by molar-refractivity contribution is 0.0595. The van der Waals surface area contributed by atoms with Crippen molar-refractivity contribution in [1.82, 2.24) is 0 Å². The molecule has 0 radical (unpaired) electrons. The van der Waals surface area contributed by atoms with E-state index < -0.39 is 11.6 Å². The third-order valence-electron chi connectivity index (χ3n) is 1.72. The summed E-state index contributed by atoms with van der Waals surface area (Å²) in [7, 11) is 1.28. The van der Waals surface area contributed by atoms with E-state index in [9.17, 15) is 9.59 Å². The number of carbonyl (C=O) groups is 1. The highest BCUT2D eigenvalue weighted by Gasteiger charge is 2.14. The molecule has 0 aliphatic carbocycles. The number of methoxy groups -OCH3 is 1. The minimum absolute atomic E-state index is 0.289. The molecule has 0 saturated carbocycles. The summed E-state index contributed by atoms with van der Waals surface area (Å²) in [6.07, 6.45) is 0. The molecule has 0 aromatic carbocycles. The Morgan fingerprint density at radius 3 is 2.54 bits per heavy atom. The van der Waals surface area contributed by atoms with Crippen LogP contribution in [-0.4, -0.2) is 13.1 Å². The minimum Gasteiger partial charge on any atom is -0.465 e. The number of rotatable bonds is 1. The SMILES string of the molecule is COC(=O)c1c(C)cc(=O)oc1C. The maximum atomic E-state index is 11.2. The number of esters is 1. The Morgan fingerprint density at radius 1 is 1.46 bits per heavy atom. The van der Waals surface area contributed by atoms with E-state index in [4.69, 9.17) is 4.42 Å². The third-order valence-corrected chi connectivity index (χ3v) is 1.72. The normalized spacial score (nSPS) is 9.77. The number of hydrogen-bond acceptors (Lipinski definition) is 4. The van der Waals surface area contributed by atoms with Gasteiger partial charge in [0.05, 0.1) is 7.11 Å². The second-order valence-corrected chi connectivity index (χ2v) is 2.67. The Bertz CT molecular complexity index is 363. The first-order valence-electron chi connectivity index (χ1n) is 3.76. The van der Waals surface area contributed by atoms with Gasteiger partial charge in [-0.2, -0.15) is 0 Å². The van der Waals surface area contributed by atoms with Crippen LogP contribution in [0, 0.1) is 13.8 Å². The summed E-state index contributed by atoms with van der Waals surface area (Å²) < 4.78 is 9.29. The van der Waals surface area contributed by atoms with E-state index in [0.29, 0.717) is 11.1 Å². The van der Waals surface area contributed by atoms with Crippen LogP contribution in [0.4, 0.5) is 0 Å². The summed E-state index contributed by atoms with van der Waals surface area (Å²) >= 11 is 0. The molecule has 1 heterocycles. The van der Waals surface area contributed by atoms with Crippen LogP contribution in [0.3, 0.4) is 0 Å². The van der Waals surface area contributed by atoms with Crippen LogP contribution < -0.4 is 5.63 Å². The van der Waals surface area contributed by atoms with Gasteiger partial charge < -0.3 is 9.15 Å². The molecule has 0 N–H and O–H groups in total.